The molecule has 7 nitrogen and oxygen atoms in total. The van der Waals surface area contributed by atoms with E-state index in [1.165, 1.54) is 25.0 Å². The Morgan fingerprint density at radius 3 is 2.21 bits per heavy atom. The molecule has 1 saturated heterocycles. The van der Waals surface area contributed by atoms with Crippen LogP contribution < -0.4 is 4.72 Å². The van der Waals surface area contributed by atoms with E-state index < -0.39 is 10.0 Å². The van der Waals surface area contributed by atoms with Gasteiger partial charge in [0.1, 0.15) is 4.90 Å². The molecule has 1 N–H and O–H groups in total. The molecule has 0 unspecified atom stereocenters. The van der Waals surface area contributed by atoms with Crippen molar-refractivity contribution < 1.29 is 18.0 Å². The van der Waals surface area contributed by atoms with Crippen LogP contribution in [0.3, 0.4) is 0 Å². The Kier molecular flexibility index (Phi) is 7.54. The molecule has 0 spiro atoms. The maximum atomic E-state index is 12.4. The minimum atomic E-state index is -3.75. The fraction of sp³-hybridized carbons (Fsp3) is 0.600. The lowest BCUT2D eigenvalue weighted by atomic mass is 10.0. The van der Waals surface area contributed by atoms with Crippen molar-refractivity contribution in [2.75, 3.05) is 32.7 Å². The zero-order valence-corrected chi connectivity index (χ0v) is 18.1. The van der Waals surface area contributed by atoms with Gasteiger partial charge in [0.05, 0.1) is 5.02 Å². The second-order valence-corrected chi connectivity index (χ2v) is 9.84. The van der Waals surface area contributed by atoms with Gasteiger partial charge in [-0.25, -0.2) is 13.1 Å². The Bertz CT molecular complexity index is 832. The summed E-state index contributed by atoms with van der Waals surface area (Å²) in [5.74, 6) is 0.597. The molecule has 9 heteroatoms. The number of amides is 2. The van der Waals surface area contributed by atoms with Crippen LogP contribution >= 0.6 is 11.6 Å². The van der Waals surface area contributed by atoms with Crippen molar-refractivity contribution in [3.8, 4) is 0 Å². The average molecular weight is 442 g/mol. The van der Waals surface area contributed by atoms with Crippen LogP contribution in [0.2, 0.25) is 5.02 Å². The van der Waals surface area contributed by atoms with E-state index in [2.05, 4.69) is 4.72 Å². The lowest BCUT2D eigenvalue weighted by Gasteiger charge is -2.35. The van der Waals surface area contributed by atoms with Crippen LogP contribution in [-0.2, 0) is 19.6 Å². The molecule has 2 fully saturated rings. The fourth-order valence-corrected chi connectivity index (χ4v) is 5.54. The van der Waals surface area contributed by atoms with Gasteiger partial charge in [-0.15, -0.1) is 0 Å². The summed E-state index contributed by atoms with van der Waals surface area (Å²) in [5, 5.41) is 0.143. The molecule has 0 bridgehead atoms. The first kappa shape index (κ1) is 22.1. The third-order valence-corrected chi connectivity index (χ3v) is 7.64. The summed E-state index contributed by atoms with van der Waals surface area (Å²) in [6.07, 6.45) is 5.43. The van der Waals surface area contributed by atoms with E-state index in [1.807, 2.05) is 4.90 Å². The summed E-state index contributed by atoms with van der Waals surface area (Å²) in [6.45, 7) is 2.08. The first-order valence-electron chi connectivity index (χ1n) is 10.2. The summed E-state index contributed by atoms with van der Waals surface area (Å²) >= 11 is 5.94. The maximum Gasteiger partial charge on any atom is 0.242 e. The highest BCUT2D eigenvalue weighted by Crippen LogP contribution is 2.28. The monoisotopic (exact) mass is 441 g/mol. The number of halogens is 1. The number of piperazine rings is 1. The van der Waals surface area contributed by atoms with Crippen molar-refractivity contribution in [1.82, 2.24) is 14.5 Å². The van der Waals surface area contributed by atoms with Gasteiger partial charge in [-0.3, -0.25) is 9.59 Å². The highest BCUT2D eigenvalue weighted by molar-refractivity contribution is 7.89. The van der Waals surface area contributed by atoms with Gasteiger partial charge in [0.15, 0.2) is 0 Å². The Balaban J connectivity index is 1.40. The molecular formula is C20H28ClN3O4S. The van der Waals surface area contributed by atoms with Crippen LogP contribution in [0.15, 0.2) is 29.2 Å². The summed E-state index contributed by atoms with van der Waals surface area (Å²) in [4.78, 5) is 28.4. The fourth-order valence-electron chi connectivity index (χ4n) is 3.99. The van der Waals surface area contributed by atoms with Crippen molar-refractivity contribution in [2.24, 2.45) is 5.92 Å². The van der Waals surface area contributed by atoms with Gasteiger partial charge < -0.3 is 9.80 Å². The van der Waals surface area contributed by atoms with E-state index in [4.69, 9.17) is 11.6 Å². The molecule has 1 saturated carbocycles. The minimum absolute atomic E-state index is 0.00325. The van der Waals surface area contributed by atoms with Gasteiger partial charge in [0, 0.05) is 45.6 Å². The normalized spacial score (nSPS) is 18.2. The van der Waals surface area contributed by atoms with Crippen molar-refractivity contribution in [1.29, 1.82) is 0 Å². The van der Waals surface area contributed by atoms with E-state index in [0.717, 1.165) is 12.8 Å². The topological polar surface area (TPSA) is 86.8 Å². The lowest BCUT2D eigenvalue weighted by molar-refractivity contribution is -0.140. The molecule has 29 heavy (non-hydrogen) atoms. The number of carbonyl (C=O) groups is 2. The molecule has 1 heterocycles. The Hall–Kier alpha value is -1.64. The Morgan fingerprint density at radius 1 is 1.00 bits per heavy atom. The second-order valence-electron chi connectivity index (χ2n) is 7.69. The van der Waals surface area contributed by atoms with Crippen LogP contribution in [-0.4, -0.2) is 62.8 Å². The molecule has 1 aliphatic heterocycles. The molecule has 0 aromatic heterocycles. The summed E-state index contributed by atoms with van der Waals surface area (Å²) < 4.78 is 27.0. The zero-order valence-electron chi connectivity index (χ0n) is 16.5. The SMILES string of the molecule is O=C(CCNS(=O)(=O)c1ccccc1Cl)N1CCN(C(=O)CC2CCCC2)CC1. The van der Waals surface area contributed by atoms with Crippen LogP contribution in [0, 0.1) is 5.92 Å². The molecule has 0 atom stereocenters. The maximum absolute atomic E-state index is 12.4. The smallest absolute Gasteiger partial charge is 0.242 e. The molecule has 2 amide bonds. The molecule has 2 aliphatic rings. The van der Waals surface area contributed by atoms with E-state index in [0.29, 0.717) is 38.5 Å². The first-order chi connectivity index (χ1) is 13.9. The summed E-state index contributed by atoms with van der Waals surface area (Å²) in [5.41, 5.74) is 0. The predicted octanol–water partition coefficient (Wildman–Crippen LogP) is 2.26. The van der Waals surface area contributed by atoms with Crippen molar-refractivity contribution in [3.63, 3.8) is 0 Å². The number of carbonyl (C=O) groups excluding carboxylic acids is 2. The van der Waals surface area contributed by atoms with Crippen LogP contribution in [0.5, 0.6) is 0 Å². The molecule has 160 valence electrons. The predicted molar refractivity (Wildman–Crippen MR) is 111 cm³/mol. The van der Waals surface area contributed by atoms with Crippen LogP contribution in [0.4, 0.5) is 0 Å². The number of nitrogens with zero attached hydrogens (tertiary/aromatic N) is 2. The van der Waals surface area contributed by atoms with Crippen molar-refractivity contribution in [2.45, 2.75) is 43.4 Å². The number of hydrogen-bond donors (Lipinski definition) is 1. The van der Waals surface area contributed by atoms with Gasteiger partial charge in [0.25, 0.3) is 0 Å². The van der Waals surface area contributed by atoms with Crippen molar-refractivity contribution in [3.05, 3.63) is 29.3 Å². The Morgan fingerprint density at radius 2 is 1.59 bits per heavy atom. The van der Waals surface area contributed by atoms with Crippen LogP contribution in [0.1, 0.15) is 38.5 Å². The van der Waals surface area contributed by atoms with E-state index in [1.54, 1.807) is 17.0 Å². The zero-order chi connectivity index (χ0) is 20.9. The van der Waals surface area contributed by atoms with Gasteiger partial charge in [-0.2, -0.15) is 0 Å². The third-order valence-electron chi connectivity index (χ3n) is 5.68. The Labute approximate surface area is 177 Å². The third kappa shape index (κ3) is 5.93. The number of nitrogens with one attached hydrogen (secondary N) is 1. The first-order valence-corrected chi connectivity index (χ1v) is 12.0. The lowest BCUT2D eigenvalue weighted by Crippen LogP contribution is -2.51. The van der Waals surface area contributed by atoms with Gasteiger partial charge >= 0.3 is 0 Å². The van der Waals surface area contributed by atoms with Gasteiger partial charge in [-0.05, 0) is 30.9 Å². The summed E-state index contributed by atoms with van der Waals surface area (Å²) in [7, 11) is -3.75. The highest BCUT2D eigenvalue weighted by atomic mass is 35.5. The number of benzene rings is 1. The standard InChI is InChI=1S/C20H28ClN3O4S/c21-17-7-3-4-8-18(17)29(27,28)22-10-9-19(25)23-11-13-24(14-12-23)20(26)15-16-5-1-2-6-16/h3-4,7-8,16,22H,1-2,5-6,9-15H2. The number of hydrogen-bond acceptors (Lipinski definition) is 4. The molecule has 1 aliphatic carbocycles. The minimum Gasteiger partial charge on any atom is -0.339 e. The van der Waals surface area contributed by atoms with E-state index >= 15 is 0 Å². The van der Waals surface area contributed by atoms with Gasteiger partial charge in [0.2, 0.25) is 21.8 Å². The molecule has 3 rings (SSSR count). The van der Waals surface area contributed by atoms with Gasteiger partial charge in [-0.1, -0.05) is 36.6 Å². The second kappa shape index (κ2) is 9.91. The molecule has 1 aromatic rings. The molecule has 1 aromatic carbocycles. The van der Waals surface area contributed by atoms with Crippen molar-refractivity contribution >= 4 is 33.4 Å². The molecular weight excluding hydrogens is 414 g/mol. The number of sulfonamides is 1. The van der Waals surface area contributed by atoms with E-state index in [9.17, 15) is 18.0 Å². The average Bonchev–Trinajstić information content (AvgIpc) is 3.21. The number of rotatable bonds is 7. The quantitative estimate of drug-likeness (QED) is 0.703. The van der Waals surface area contributed by atoms with E-state index in [-0.39, 0.29) is 34.7 Å². The van der Waals surface area contributed by atoms with Crippen LogP contribution in [0.25, 0.3) is 0 Å². The largest absolute Gasteiger partial charge is 0.339 e. The highest BCUT2D eigenvalue weighted by Gasteiger charge is 2.27. The molecule has 0 radical (unpaired) electrons. The summed E-state index contributed by atoms with van der Waals surface area (Å²) in [6, 6.07) is 6.19.